The average Bonchev–Trinajstić information content (AvgIpc) is 3.19. The molecule has 3 rings (SSSR count). The monoisotopic (exact) mass is 391 g/mol. The summed E-state index contributed by atoms with van der Waals surface area (Å²) in [6, 6.07) is 9.19. The molecule has 0 unspecified atom stereocenters. The second-order valence-corrected chi connectivity index (χ2v) is 7.40. The second kappa shape index (κ2) is 7.13. The molecule has 0 radical (unpaired) electrons. The fraction of sp³-hybridized carbons (Fsp3) is 0. The average molecular weight is 391 g/mol. The van der Waals surface area contributed by atoms with Crippen LogP contribution in [0.5, 0.6) is 0 Å². The Kier molecular flexibility index (Phi) is 4.93. The Balaban J connectivity index is 1.81. The van der Waals surface area contributed by atoms with E-state index in [1.54, 1.807) is 6.08 Å². The number of rotatable bonds is 4. The van der Waals surface area contributed by atoms with Crippen molar-refractivity contribution in [1.29, 1.82) is 0 Å². The van der Waals surface area contributed by atoms with Crippen molar-refractivity contribution in [2.75, 3.05) is 0 Å². The first-order valence-corrected chi connectivity index (χ1v) is 8.93. The highest BCUT2D eigenvalue weighted by Crippen LogP contribution is 2.32. The molecule has 0 saturated carbocycles. The zero-order chi connectivity index (χ0) is 18.0. The summed E-state index contributed by atoms with van der Waals surface area (Å²) >= 11 is 7.64. The van der Waals surface area contributed by atoms with Crippen LogP contribution in [0, 0.1) is 10.1 Å². The Bertz CT molecular complexity index is 909. The molecule has 2 aromatic rings. The number of thioether (sulfide) groups is 1. The van der Waals surface area contributed by atoms with Crippen molar-refractivity contribution < 1.29 is 14.5 Å². The molecule has 126 valence electrons. The predicted molar refractivity (Wildman–Crippen MR) is 99.9 cm³/mol. The molecular weight excluding hydrogens is 382 g/mol. The van der Waals surface area contributed by atoms with Gasteiger partial charge in [-0.25, -0.2) is 0 Å². The van der Waals surface area contributed by atoms with Gasteiger partial charge < -0.3 is 0 Å². The van der Waals surface area contributed by atoms with E-state index in [0.29, 0.717) is 4.91 Å². The minimum absolute atomic E-state index is 0.149. The smallest absolute Gasteiger partial charge is 0.267 e. The molecule has 10 heteroatoms. The number of nitro benzene ring substituents is 1. The number of carbonyl (C=O) groups is 2. The molecule has 2 amide bonds. The fourth-order valence-corrected chi connectivity index (χ4v) is 3.96. The van der Waals surface area contributed by atoms with E-state index in [9.17, 15) is 19.7 Å². The third kappa shape index (κ3) is 3.60. The minimum Gasteiger partial charge on any atom is -0.267 e. The van der Waals surface area contributed by atoms with Gasteiger partial charge in [0.15, 0.2) is 4.32 Å². The summed E-state index contributed by atoms with van der Waals surface area (Å²) in [5, 5.41) is 13.8. The Morgan fingerprint density at radius 1 is 1.28 bits per heavy atom. The molecule has 1 aliphatic heterocycles. The van der Waals surface area contributed by atoms with E-state index in [2.05, 4.69) is 5.43 Å². The van der Waals surface area contributed by atoms with E-state index in [1.165, 1.54) is 35.6 Å². The zero-order valence-corrected chi connectivity index (χ0v) is 14.8. The van der Waals surface area contributed by atoms with Crippen molar-refractivity contribution in [1.82, 2.24) is 10.4 Å². The maximum absolute atomic E-state index is 12.4. The lowest BCUT2D eigenvalue weighted by Gasteiger charge is -2.15. The van der Waals surface area contributed by atoms with Gasteiger partial charge in [-0.3, -0.25) is 25.1 Å². The first-order valence-electron chi connectivity index (χ1n) is 6.83. The molecule has 0 spiro atoms. The summed E-state index contributed by atoms with van der Waals surface area (Å²) in [6.45, 7) is 0. The lowest BCUT2D eigenvalue weighted by Crippen LogP contribution is -2.45. The molecule has 7 nitrogen and oxygen atoms in total. The number of hydrogen-bond donors (Lipinski definition) is 1. The minimum atomic E-state index is -0.777. The van der Waals surface area contributed by atoms with E-state index in [1.807, 2.05) is 17.5 Å². The van der Waals surface area contributed by atoms with Gasteiger partial charge in [0.2, 0.25) is 0 Å². The van der Waals surface area contributed by atoms with Crippen LogP contribution in [0.3, 0.4) is 0 Å². The molecule has 1 aromatic heterocycles. The van der Waals surface area contributed by atoms with E-state index >= 15 is 0 Å². The summed E-state index contributed by atoms with van der Waals surface area (Å²) < 4.78 is 0.153. The SMILES string of the molecule is O=C(NN1C(=O)/C(=C\c2cccs2)SC1=S)c1ccccc1[N+](=O)[O-]. The number of para-hydroxylation sites is 1. The van der Waals surface area contributed by atoms with Gasteiger partial charge >= 0.3 is 0 Å². The lowest BCUT2D eigenvalue weighted by atomic mass is 10.2. The van der Waals surface area contributed by atoms with Gasteiger partial charge in [-0.1, -0.05) is 30.0 Å². The number of thiocarbonyl (C=S) groups is 1. The first kappa shape index (κ1) is 17.3. The van der Waals surface area contributed by atoms with Crippen LogP contribution in [0.15, 0.2) is 46.7 Å². The van der Waals surface area contributed by atoms with Crippen LogP contribution in [0.2, 0.25) is 0 Å². The number of carbonyl (C=O) groups excluding carboxylic acids is 2. The molecule has 2 heterocycles. The van der Waals surface area contributed by atoms with Crippen molar-refractivity contribution in [3.63, 3.8) is 0 Å². The van der Waals surface area contributed by atoms with Crippen LogP contribution in [0.1, 0.15) is 15.2 Å². The third-order valence-electron chi connectivity index (χ3n) is 3.17. The highest BCUT2D eigenvalue weighted by atomic mass is 32.2. The van der Waals surface area contributed by atoms with Crippen LogP contribution in [0.25, 0.3) is 6.08 Å². The number of nitro groups is 1. The number of nitrogens with zero attached hydrogens (tertiary/aromatic N) is 2. The molecule has 1 N–H and O–H groups in total. The van der Waals surface area contributed by atoms with Crippen LogP contribution in [0.4, 0.5) is 5.69 Å². The fourth-order valence-electron chi connectivity index (χ4n) is 2.05. The summed E-state index contributed by atoms with van der Waals surface area (Å²) in [6.07, 6.45) is 1.68. The van der Waals surface area contributed by atoms with Crippen LogP contribution < -0.4 is 5.43 Å². The first-order chi connectivity index (χ1) is 12.0. The number of thiophene rings is 1. The molecule has 0 aliphatic carbocycles. The van der Waals surface area contributed by atoms with Gasteiger partial charge in [0.1, 0.15) is 5.56 Å². The predicted octanol–water partition coefficient (Wildman–Crippen LogP) is 3.20. The van der Waals surface area contributed by atoms with Crippen molar-refractivity contribution in [3.05, 3.63) is 67.2 Å². The molecular formula is C15H9N3O4S3. The van der Waals surface area contributed by atoms with Crippen molar-refractivity contribution in [3.8, 4) is 0 Å². The van der Waals surface area contributed by atoms with Gasteiger partial charge in [0, 0.05) is 10.9 Å². The highest BCUT2D eigenvalue weighted by molar-refractivity contribution is 8.26. The van der Waals surface area contributed by atoms with E-state index in [4.69, 9.17) is 12.2 Å². The molecule has 1 fully saturated rings. The Labute approximate surface area is 155 Å². The van der Waals surface area contributed by atoms with E-state index in [-0.39, 0.29) is 15.6 Å². The quantitative estimate of drug-likeness (QED) is 0.372. The van der Waals surface area contributed by atoms with Gasteiger partial charge in [0.25, 0.3) is 17.5 Å². The van der Waals surface area contributed by atoms with Gasteiger partial charge in [-0.05, 0) is 35.8 Å². The molecule has 1 saturated heterocycles. The maximum atomic E-state index is 12.4. The topological polar surface area (TPSA) is 92.6 Å². The molecule has 0 atom stereocenters. The Morgan fingerprint density at radius 2 is 2.04 bits per heavy atom. The van der Waals surface area contributed by atoms with Crippen LogP contribution >= 0.6 is 35.3 Å². The van der Waals surface area contributed by atoms with Crippen LogP contribution in [-0.4, -0.2) is 26.1 Å². The molecule has 1 aromatic carbocycles. The van der Waals surface area contributed by atoms with E-state index < -0.39 is 16.7 Å². The Morgan fingerprint density at radius 3 is 2.72 bits per heavy atom. The number of nitrogens with one attached hydrogen (secondary N) is 1. The molecule has 1 aliphatic rings. The second-order valence-electron chi connectivity index (χ2n) is 4.75. The normalized spacial score (nSPS) is 15.7. The molecule has 0 bridgehead atoms. The van der Waals surface area contributed by atoms with Crippen molar-refractivity contribution >= 4 is 63.2 Å². The summed E-state index contributed by atoms with van der Waals surface area (Å²) in [5.41, 5.74) is 1.84. The summed E-state index contributed by atoms with van der Waals surface area (Å²) in [7, 11) is 0. The van der Waals surface area contributed by atoms with Crippen LogP contribution in [-0.2, 0) is 4.79 Å². The number of amides is 2. The third-order valence-corrected chi connectivity index (χ3v) is 5.29. The summed E-state index contributed by atoms with van der Waals surface area (Å²) in [5.74, 6) is -1.25. The number of benzene rings is 1. The molecule has 25 heavy (non-hydrogen) atoms. The van der Waals surface area contributed by atoms with E-state index in [0.717, 1.165) is 21.6 Å². The number of hydrazine groups is 1. The van der Waals surface area contributed by atoms with Gasteiger partial charge in [-0.2, -0.15) is 5.01 Å². The van der Waals surface area contributed by atoms with Crippen molar-refractivity contribution in [2.45, 2.75) is 0 Å². The summed E-state index contributed by atoms with van der Waals surface area (Å²) in [4.78, 5) is 36.4. The Hall–Kier alpha value is -2.56. The van der Waals surface area contributed by atoms with Crippen molar-refractivity contribution in [2.24, 2.45) is 0 Å². The zero-order valence-electron chi connectivity index (χ0n) is 12.4. The maximum Gasteiger partial charge on any atom is 0.285 e. The standard InChI is InChI=1S/C15H9N3O4S3/c19-13(10-5-1-2-6-11(10)18(21)22)16-17-14(20)12(25-15(17)23)8-9-4-3-7-24-9/h1-8H,(H,16,19)/b12-8+. The largest absolute Gasteiger partial charge is 0.285 e. The highest BCUT2D eigenvalue weighted by Gasteiger charge is 2.34. The number of hydrogen-bond acceptors (Lipinski definition) is 7. The lowest BCUT2D eigenvalue weighted by molar-refractivity contribution is -0.385. The van der Waals surface area contributed by atoms with Gasteiger partial charge in [-0.15, -0.1) is 11.3 Å². The van der Waals surface area contributed by atoms with Gasteiger partial charge in [0.05, 0.1) is 9.83 Å².